The van der Waals surface area contributed by atoms with Gasteiger partial charge in [0.25, 0.3) is 0 Å². The van der Waals surface area contributed by atoms with Crippen LogP contribution in [0.15, 0.2) is 54.1 Å². The van der Waals surface area contributed by atoms with Crippen LogP contribution in [0.3, 0.4) is 0 Å². The van der Waals surface area contributed by atoms with Crippen molar-refractivity contribution in [1.29, 1.82) is 0 Å². The average Bonchev–Trinajstić information content (AvgIpc) is 2.45. The summed E-state index contributed by atoms with van der Waals surface area (Å²) in [4.78, 5) is 17.3. The van der Waals surface area contributed by atoms with Crippen molar-refractivity contribution < 1.29 is 0 Å². The predicted octanol–water partition coefficient (Wildman–Crippen LogP) is 2.88. The molecule has 0 radical (unpaired) electrons. The normalized spacial score (nSPS) is 12.0. The standard InChI is InChI=1S/C14H14N4/c1-3-7-15-11(2)13-14(18-10-9-17-13)12-6-4-5-8-16-12/h3-10H,1-2H3/b7-3-,15-11+. The summed E-state index contributed by atoms with van der Waals surface area (Å²) in [6.07, 6.45) is 8.69. The molecule has 4 nitrogen and oxygen atoms in total. The average molecular weight is 238 g/mol. The number of aliphatic imine (C=N–C) groups is 1. The first-order valence-electron chi connectivity index (χ1n) is 5.71. The van der Waals surface area contributed by atoms with E-state index in [-0.39, 0.29) is 0 Å². The molecule has 0 fully saturated rings. The zero-order chi connectivity index (χ0) is 12.8. The van der Waals surface area contributed by atoms with E-state index >= 15 is 0 Å². The first kappa shape index (κ1) is 12.1. The maximum Gasteiger partial charge on any atom is 0.116 e. The van der Waals surface area contributed by atoms with Gasteiger partial charge in [0.1, 0.15) is 11.4 Å². The highest BCUT2D eigenvalue weighted by atomic mass is 14.9. The number of allylic oxidation sites excluding steroid dienone is 1. The third kappa shape index (κ3) is 2.66. The minimum Gasteiger partial charge on any atom is -0.260 e. The molecule has 0 aliphatic heterocycles. The lowest BCUT2D eigenvalue weighted by atomic mass is 10.1. The van der Waals surface area contributed by atoms with Crippen molar-refractivity contribution in [2.45, 2.75) is 13.8 Å². The Kier molecular flexibility index (Phi) is 3.91. The summed E-state index contributed by atoms with van der Waals surface area (Å²) in [5, 5.41) is 0. The molecule has 0 saturated heterocycles. The Hall–Kier alpha value is -2.36. The van der Waals surface area contributed by atoms with E-state index in [9.17, 15) is 0 Å². The van der Waals surface area contributed by atoms with Gasteiger partial charge in [-0.1, -0.05) is 12.1 Å². The number of rotatable bonds is 3. The summed E-state index contributed by atoms with van der Waals surface area (Å²) in [6, 6.07) is 5.72. The Morgan fingerprint density at radius 1 is 1.11 bits per heavy atom. The van der Waals surface area contributed by atoms with E-state index in [0.29, 0.717) is 0 Å². The quantitative estimate of drug-likeness (QED) is 0.772. The van der Waals surface area contributed by atoms with E-state index in [1.165, 1.54) is 0 Å². The van der Waals surface area contributed by atoms with Gasteiger partial charge in [-0.2, -0.15) is 0 Å². The Morgan fingerprint density at radius 2 is 1.94 bits per heavy atom. The molecule has 2 heterocycles. The molecule has 18 heavy (non-hydrogen) atoms. The highest BCUT2D eigenvalue weighted by Crippen LogP contribution is 2.17. The van der Waals surface area contributed by atoms with Crippen molar-refractivity contribution in [3.05, 3.63) is 54.8 Å². The third-order valence-corrected chi connectivity index (χ3v) is 2.37. The van der Waals surface area contributed by atoms with Crippen molar-refractivity contribution >= 4 is 5.71 Å². The Morgan fingerprint density at radius 3 is 2.67 bits per heavy atom. The molecular formula is C14H14N4. The largest absolute Gasteiger partial charge is 0.260 e. The first-order valence-corrected chi connectivity index (χ1v) is 5.71. The molecule has 0 N–H and O–H groups in total. The molecule has 0 unspecified atom stereocenters. The number of nitrogens with zero attached hydrogens (tertiary/aromatic N) is 4. The van der Waals surface area contributed by atoms with Crippen molar-refractivity contribution in [3.8, 4) is 11.4 Å². The van der Waals surface area contributed by atoms with Gasteiger partial charge >= 0.3 is 0 Å². The summed E-state index contributed by atoms with van der Waals surface area (Å²) < 4.78 is 0. The molecular weight excluding hydrogens is 224 g/mol. The number of hydrogen-bond acceptors (Lipinski definition) is 4. The van der Waals surface area contributed by atoms with E-state index in [2.05, 4.69) is 19.9 Å². The van der Waals surface area contributed by atoms with Crippen molar-refractivity contribution in [2.75, 3.05) is 0 Å². The number of aromatic nitrogens is 3. The second-order valence-electron chi connectivity index (χ2n) is 3.67. The van der Waals surface area contributed by atoms with Gasteiger partial charge in [0.2, 0.25) is 0 Å². The number of pyridine rings is 1. The van der Waals surface area contributed by atoms with Gasteiger partial charge < -0.3 is 0 Å². The highest BCUT2D eigenvalue weighted by Gasteiger charge is 2.10. The van der Waals surface area contributed by atoms with Crippen LogP contribution in [0.25, 0.3) is 11.4 Å². The maximum absolute atomic E-state index is 4.35. The summed E-state index contributed by atoms with van der Waals surface area (Å²) >= 11 is 0. The molecule has 0 amide bonds. The fourth-order valence-electron chi connectivity index (χ4n) is 1.54. The third-order valence-electron chi connectivity index (χ3n) is 2.37. The van der Waals surface area contributed by atoms with Gasteiger partial charge in [-0.05, 0) is 26.0 Å². The molecule has 4 heteroatoms. The smallest absolute Gasteiger partial charge is 0.116 e. The van der Waals surface area contributed by atoms with Crippen LogP contribution in [0.5, 0.6) is 0 Å². The molecule has 0 atom stereocenters. The van der Waals surface area contributed by atoms with Crippen molar-refractivity contribution in [2.24, 2.45) is 4.99 Å². The van der Waals surface area contributed by atoms with Gasteiger partial charge in [0.05, 0.1) is 11.4 Å². The van der Waals surface area contributed by atoms with E-state index in [1.807, 2.05) is 38.1 Å². The lowest BCUT2D eigenvalue weighted by Gasteiger charge is -2.05. The Bertz CT molecular complexity index is 573. The van der Waals surface area contributed by atoms with Crippen molar-refractivity contribution in [1.82, 2.24) is 15.0 Å². The van der Waals surface area contributed by atoms with Crippen LogP contribution in [-0.4, -0.2) is 20.7 Å². The van der Waals surface area contributed by atoms with Crippen LogP contribution in [0, 0.1) is 0 Å². The van der Waals surface area contributed by atoms with Crippen LogP contribution >= 0.6 is 0 Å². The first-order chi connectivity index (χ1) is 8.83. The van der Waals surface area contributed by atoms with Crippen LogP contribution in [0.4, 0.5) is 0 Å². The predicted molar refractivity (Wildman–Crippen MR) is 72.3 cm³/mol. The zero-order valence-corrected chi connectivity index (χ0v) is 10.4. The van der Waals surface area contributed by atoms with Gasteiger partial charge in [-0.15, -0.1) is 0 Å². The molecule has 0 aliphatic carbocycles. The van der Waals surface area contributed by atoms with Crippen molar-refractivity contribution in [3.63, 3.8) is 0 Å². The molecule has 0 saturated carbocycles. The Labute approximate surface area is 106 Å². The molecule has 2 rings (SSSR count). The molecule has 2 aromatic rings. The van der Waals surface area contributed by atoms with E-state index < -0.39 is 0 Å². The Balaban J connectivity index is 2.50. The molecule has 90 valence electrons. The molecule has 0 aromatic carbocycles. The van der Waals surface area contributed by atoms with Gasteiger partial charge in [-0.3, -0.25) is 19.9 Å². The van der Waals surface area contributed by atoms with Crippen LogP contribution in [0.2, 0.25) is 0 Å². The number of hydrogen-bond donors (Lipinski definition) is 0. The lowest BCUT2D eigenvalue weighted by Crippen LogP contribution is -2.03. The summed E-state index contributed by atoms with van der Waals surface area (Å²) in [5.74, 6) is 0. The van der Waals surface area contributed by atoms with Crippen LogP contribution in [0.1, 0.15) is 19.5 Å². The summed E-state index contributed by atoms with van der Waals surface area (Å²) in [7, 11) is 0. The SMILES string of the molecule is C/C=C\N=C(/C)c1nccnc1-c1ccccn1. The minimum atomic E-state index is 0.754. The highest BCUT2D eigenvalue weighted by molar-refractivity contribution is 6.01. The van der Waals surface area contributed by atoms with E-state index in [0.717, 1.165) is 22.8 Å². The van der Waals surface area contributed by atoms with Crippen LogP contribution < -0.4 is 0 Å². The topological polar surface area (TPSA) is 51.0 Å². The monoisotopic (exact) mass is 238 g/mol. The fourth-order valence-corrected chi connectivity index (χ4v) is 1.54. The van der Waals surface area contributed by atoms with E-state index in [1.54, 1.807) is 24.8 Å². The maximum atomic E-state index is 4.35. The summed E-state index contributed by atoms with van der Waals surface area (Å²) in [5.41, 5.74) is 3.13. The molecule has 2 aromatic heterocycles. The van der Waals surface area contributed by atoms with Gasteiger partial charge in [-0.25, -0.2) is 0 Å². The fraction of sp³-hybridized carbons (Fsp3) is 0.143. The van der Waals surface area contributed by atoms with Crippen LogP contribution in [-0.2, 0) is 0 Å². The second-order valence-corrected chi connectivity index (χ2v) is 3.67. The van der Waals surface area contributed by atoms with E-state index in [4.69, 9.17) is 0 Å². The molecule has 0 aliphatic rings. The minimum absolute atomic E-state index is 0.754. The molecule has 0 bridgehead atoms. The lowest BCUT2D eigenvalue weighted by molar-refractivity contribution is 1.15. The van der Waals surface area contributed by atoms with Gasteiger partial charge in [0.15, 0.2) is 0 Å². The zero-order valence-electron chi connectivity index (χ0n) is 10.4. The summed E-state index contributed by atoms with van der Waals surface area (Å²) in [6.45, 7) is 3.84. The molecule has 0 spiro atoms. The van der Waals surface area contributed by atoms with Gasteiger partial charge in [0, 0.05) is 24.8 Å². The second kappa shape index (κ2) is 5.82.